The van der Waals surface area contributed by atoms with Crippen molar-refractivity contribution in [2.75, 3.05) is 12.0 Å². The van der Waals surface area contributed by atoms with Crippen LogP contribution in [0.4, 0.5) is 5.69 Å². The van der Waals surface area contributed by atoms with E-state index in [2.05, 4.69) is 10.9 Å². The average Bonchev–Trinajstić information content (AvgIpc) is 3.22. The number of carbonyl (C=O) groups excluding carboxylic acids is 2. The zero-order valence-corrected chi connectivity index (χ0v) is 14.7. The van der Waals surface area contributed by atoms with Gasteiger partial charge in [-0.1, -0.05) is 42.2 Å². The number of nitrogens with one attached hydrogen (secondary N) is 2. The predicted octanol–water partition coefficient (Wildman–Crippen LogP) is 3.01. The molecule has 1 saturated heterocycles. The van der Waals surface area contributed by atoms with E-state index in [9.17, 15) is 9.59 Å². The largest absolute Gasteiger partial charge is 0.465 e. The van der Waals surface area contributed by atoms with E-state index >= 15 is 0 Å². The Kier molecular flexibility index (Phi) is 5.52. The molecular weight excluding hydrogens is 358 g/mol. The number of para-hydroxylation sites is 1. The minimum atomic E-state index is -0.229. The number of amides is 2. The van der Waals surface area contributed by atoms with Gasteiger partial charge in [-0.05, 0) is 24.3 Å². The quantitative estimate of drug-likeness (QED) is 0.461. The number of hydrogen-bond donors (Lipinski definition) is 2. The Balaban J connectivity index is 1.51. The summed E-state index contributed by atoms with van der Waals surface area (Å²) in [5.41, 5.74) is 6.19. The van der Waals surface area contributed by atoms with Crippen LogP contribution in [0.2, 0.25) is 0 Å². The number of nitrogens with zero attached hydrogens (tertiary/aromatic N) is 1. The standard InChI is InChI=1S/C17H15N3O3S2/c21-15(19-18-12-5-2-1-3-6-12)8-9-20-16(22)14(25-17(20)24)11-13-7-4-10-23-13/h1-7,10-11,18H,8-9H2,(H,19,21)/b14-11+. The van der Waals surface area contributed by atoms with Crippen LogP contribution in [0, 0.1) is 0 Å². The number of thioether (sulfide) groups is 1. The van der Waals surface area contributed by atoms with E-state index in [0.717, 1.165) is 5.69 Å². The van der Waals surface area contributed by atoms with Crippen molar-refractivity contribution in [1.29, 1.82) is 0 Å². The SMILES string of the molecule is O=C(CCN1C(=O)/C(=C\c2ccco2)SC1=S)NNc1ccccc1. The summed E-state index contributed by atoms with van der Waals surface area (Å²) in [6.45, 7) is 0.225. The van der Waals surface area contributed by atoms with Gasteiger partial charge in [0.1, 0.15) is 10.1 Å². The molecule has 0 spiro atoms. The third-order valence-corrected chi connectivity index (χ3v) is 4.75. The summed E-state index contributed by atoms with van der Waals surface area (Å²) in [4.78, 5) is 26.2. The van der Waals surface area contributed by atoms with Crippen LogP contribution in [0.3, 0.4) is 0 Å². The molecule has 1 aromatic carbocycles. The van der Waals surface area contributed by atoms with E-state index in [-0.39, 0.29) is 24.8 Å². The van der Waals surface area contributed by atoms with Crippen molar-refractivity contribution in [2.24, 2.45) is 0 Å². The van der Waals surface area contributed by atoms with E-state index < -0.39 is 0 Å². The molecular formula is C17H15N3O3S2. The van der Waals surface area contributed by atoms with Gasteiger partial charge in [0.2, 0.25) is 5.91 Å². The first-order valence-electron chi connectivity index (χ1n) is 7.52. The fraction of sp³-hybridized carbons (Fsp3) is 0.118. The van der Waals surface area contributed by atoms with E-state index in [1.807, 2.05) is 30.3 Å². The number of hydrazine groups is 1. The van der Waals surface area contributed by atoms with Crippen molar-refractivity contribution in [2.45, 2.75) is 6.42 Å². The molecule has 2 amide bonds. The molecule has 2 N–H and O–H groups in total. The van der Waals surface area contributed by atoms with Crippen LogP contribution in [-0.2, 0) is 9.59 Å². The maximum absolute atomic E-state index is 12.4. The first-order valence-corrected chi connectivity index (χ1v) is 8.75. The highest BCUT2D eigenvalue weighted by Gasteiger charge is 2.32. The van der Waals surface area contributed by atoms with Crippen LogP contribution in [0.5, 0.6) is 0 Å². The van der Waals surface area contributed by atoms with Crippen molar-refractivity contribution >= 4 is 51.9 Å². The molecule has 0 aliphatic carbocycles. The molecule has 0 radical (unpaired) electrons. The molecule has 6 nitrogen and oxygen atoms in total. The van der Waals surface area contributed by atoms with Crippen molar-refractivity contribution in [3.63, 3.8) is 0 Å². The smallest absolute Gasteiger partial charge is 0.266 e. The zero-order chi connectivity index (χ0) is 17.6. The fourth-order valence-electron chi connectivity index (χ4n) is 2.13. The van der Waals surface area contributed by atoms with Crippen LogP contribution in [0.15, 0.2) is 58.1 Å². The topological polar surface area (TPSA) is 74.6 Å². The second-order valence-corrected chi connectivity index (χ2v) is 6.81. The van der Waals surface area contributed by atoms with Crippen molar-refractivity contribution < 1.29 is 14.0 Å². The molecule has 2 aromatic rings. The van der Waals surface area contributed by atoms with Gasteiger partial charge in [0, 0.05) is 19.0 Å². The van der Waals surface area contributed by atoms with Crippen molar-refractivity contribution in [1.82, 2.24) is 10.3 Å². The highest BCUT2D eigenvalue weighted by molar-refractivity contribution is 8.26. The molecule has 1 fully saturated rings. The van der Waals surface area contributed by atoms with Crippen LogP contribution < -0.4 is 10.9 Å². The Bertz CT molecular complexity index is 804. The maximum atomic E-state index is 12.4. The van der Waals surface area contributed by atoms with Gasteiger partial charge >= 0.3 is 0 Å². The summed E-state index contributed by atoms with van der Waals surface area (Å²) in [5.74, 6) is 0.147. The van der Waals surface area contributed by atoms with Gasteiger partial charge in [-0.2, -0.15) is 0 Å². The molecule has 2 heterocycles. The van der Waals surface area contributed by atoms with Gasteiger partial charge in [0.25, 0.3) is 5.91 Å². The summed E-state index contributed by atoms with van der Waals surface area (Å²) in [6, 6.07) is 12.8. The minimum Gasteiger partial charge on any atom is -0.465 e. The van der Waals surface area contributed by atoms with Crippen molar-refractivity contribution in [3.05, 3.63) is 59.4 Å². The Hall–Kier alpha value is -2.58. The van der Waals surface area contributed by atoms with Gasteiger partial charge in [-0.3, -0.25) is 25.3 Å². The second-order valence-electron chi connectivity index (χ2n) is 5.14. The van der Waals surface area contributed by atoms with E-state index in [4.69, 9.17) is 16.6 Å². The first-order chi connectivity index (χ1) is 12.1. The molecule has 25 heavy (non-hydrogen) atoms. The molecule has 1 aliphatic heterocycles. The fourth-order valence-corrected chi connectivity index (χ4v) is 3.42. The Morgan fingerprint density at radius 1 is 1.24 bits per heavy atom. The molecule has 3 rings (SSSR count). The van der Waals surface area contributed by atoms with Crippen molar-refractivity contribution in [3.8, 4) is 0 Å². The maximum Gasteiger partial charge on any atom is 0.266 e. The van der Waals surface area contributed by atoms with E-state index in [1.54, 1.807) is 18.2 Å². The summed E-state index contributed by atoms with van der Waals surface area (Å²) in [7, 11) is 0. The number of carbonyl (C=O) groups is 2. The Labute approximate surface area is 154 Å². The second kappa shape index (κ2) is 8.00. The molecule has 1 aliphatic rings. The molecule has 0 atom stereocenters. The molecule has 1 aromatic heterocycles. The van der Waals surface area contributed by atoms with Gasteiger partial charge in [0.05, 0.1) is 16.9 Å². The number of benzene rings is 1. The first kappa shape index (κ1) is 17.2. The highest BCUT2D eigenvalue weighted by Crippen LogP contribution is 2.32. The van der Waals surface area contributed by atoms with Gasteiger partial charge in [-0.25, -0.2) is 0 Å². The minimum absolute atomic E-state index is 0.139. The molecule has 8 heteroatoms. The third kappa shape index (κ3) is 4.49. The van der Waals surface area contributed by atoms with Gasteiger partial charge < -0.3 is 4.42 Å². The molecule has 0 saturated carbocycles. The van der Waals surface area contributed by atoms with E-state index in [1.165, 1.54) is 22.9 Å². The molecule has 0 bridgehead atoms. The number of rotatable bonds is 6. The molecule has 128 valence electrons. The lowest BCUT2D eigenvalue weighted by molar-refractivity contribution is -0.123. The van der Waals surface area contributed by atoms with Gasteiger partial charge in [-0.15, -0.1) is 0 Å². The van der Waals surface area contributed by atoms with Gasteiger partial charge in [0.15, 0.2) is 0 Å². The number of thiocarbonyl (C=S) groups is 1. The van der Waals surface area contributed by atoms with Crippen LogP contribution in [0.1, 0.15) is 12.2 Å². The highest BCUT2D eigenvalue weighted by atomic mass is 32.2. The average molecular weight is 373 g/mol. The summed E-state index contributed by atoms with van der Waals surface area (Å²) < 4.78 is 5.65. The number of anilines is 1. The van der Waals surface area contributed by atoms with Crippen LogP contribution in [0.25, 0.3) is 6.08 Å². The Morgan fingerprint density at radius 3 is 2.76 bits per heavy atom. The zero-order valence-electron chi connectivity index (χ0n) is 13.1. The third-order valence-electron chi connectivity index (χ3n) is 3.37. The summed E-state index contributed by atoms with van der Waals surface area (Å²) in [6.07, 6.45) is 3.33. The van der Waals surface area contributed by atoms with Crippen LogP contribution >= 0.6 is 24.0 Å². The number of hydrogen-bond acceptors (Lipinski definition) is 6. The lowest BCUT2D eigenvalue weighted by Gasteiger charge is -2.14. The summed E-state index contributed by atoms with van der Waals surface area (Å²) in [5, 5.41) is 0. The number of furan rings is 1. The lowest BCUT2D eigenvalue weighted by atomic mass is 10.3. The van der Waals surface area contributed by atoms with E-state index in [0.29, 0.717) is 15.0 Å². The predicted molar refractivity (Wildman–Crippen MR) is 101 cm³/mol. The summed E-state index contributed by atoms with van der Waals surface area (Å²) >= 11 is 6.44. The normalized spacial score (nSPS) is 15.7. The molecule has 0 unspecified atom stereocenters. The van der Waals surface area contributed by atoms with Crippen LogP contribution in [-0.4, -0.2) is 27.6 Å². The monoisotopic (exact) mass is 373 g/mol. The Morgan fingerprint density at radius 2 is 2.04 bits per heavy atom. The lowest BCUT2D eigenvalue weighted by Crippen LogP contribution is -2.35.